The summed E-state index contributed by atoms with van der Waals surface area (Å²) < 4.78 is 11.6. The van der Waals surface area contributed by atoms with Crippen molar-refractivity contribution in [3.05, 3.63) is 27.4 Å². The Kier molecular flexibility index (Phi) is 4.42. The number of halogens is 1. The molecule has 0 unspecified atom stereocenters. The molecule has 19 heavy (non-hydrogen) atoms. The van der Waals surface area contributed by atoms with E-state index in [1.54, 1.807) is 6.92 Å². The van der Waals surface area contributed by atoms with Gasteiger partial charge in [0.2, 0.25) is 11.7 Å². The maximum absolute atomic E-state index is 11.9. The molecular weight excluding hydrogens is 330 g/mol. The van der Waals surface area contributed by atoms with Gasteiger partial charge >= 0.3 is 5.97 Å². The summed E-state index contributed by atoms with van der Waals surface area (Å²) in [5, 5.41) is 0. The van der Waals surface area contributed by atoms with Gasteiger partial charge in [-0.1, -0.05) is 13.8 Å². The quantitative estimate of drug-likeness (QED) is 0.768. The zero-order valence-corrected chi connectivity index (χ0v) is 13.3. The Morgan fingerprint density at radius 3 is 2.79 bits per heavy atom. The number of oxazole rings is 1. The fourth-order valence-corrected chi connectivity index (χ4v) is 2.91. The molecule has 0 spiro atoms. The Balaban J connectivity index is 2.43. The molecular formula is C13H14BrNO3S. The third-order valence-corrected chi connectivity index (χ3v) is 4.06. The van der Waals surface area contributed by atoms with Crippen LogP contribution in [0, 0.1) is 0 Å². The highest BCUT2D eigenvalue weighted by molar-refractivity contribution is 9.11. The van der Waals surface area contributed by atoms with Crippen molar-refractivity contribution in [1.82, 2.24) is 4.98 Å². The monoisotopic (exact) mass is 343 g/mol. The molecule has 0 amide bonds. The van der Waals surface area contributed by atoms with E-state index in [1.807, 2.05) is 26.0 Å². The van der Waals surface area contributed by atoms with Crippen LogP contribution in [0.2, 0.25) is 0 Å². The Labute approximate surface area is 123 Å². The molecule has 0 fully saturated rings. The topological polar surface area (TPSA) is 52.3 Å². The number of hydrogen-bond donors (Lipinski definition) is 0. The van der Waals surface area contributed by atoms with Crippen molar-refractivity contribution in [2.24, 2.45) is 0 Å². The number of rotatable bonds is 4. The van der Waals surface area contributed by atoms with E-state index in [9.17, 15) is 4.79 Å². The predicted molar refractivity (Wildman–Crippen MR) is 77.6 cm³/mol. The van der Waals surface area contributed by atoms with E-state index in [-0.39, 0.29) is 11.7 Å². The van der Waals surface area contributed by atoms with Gasteiger partial charge in [0.25, 0.3) is 0 Å². The third kappa shape index (κ3) is 3.06. The van der Waals surface area contributed by atoms with Crippen LogP contribution in [0.4, 0.5) is 0 Å². The van der Waals surface area contributed by atoms with E-state index < -0.39 is 5.97 Å². The van der Waals surface area contributed by atoms with Crippen molar-refractivity contribution >= 4 is 33.2 Å². The first-order valence-electron chi connectivity index (χ1n) is 5.96. The molecule has 0 saturated heterocycles. The summed E-state index contributed by atoms with van der Waals surface area (Å²) in [6.45, 7) is 6.01. The molecule has 0 radical (unpaired) electrons. The molecule has 4 nitrogen and oxygen atoms in total. The number of hydrogen-bond acceptors (Lipinski definition) is 5. The van der Waals surface area contributed by atoms with Crippen molar-refractivity contribution in [2.75, 3.05) is 6.61 Å². The summed E-state index contributed by atoms with van der Waals surface area (Å²) in [7, 11) is 0. The van der Waals surface area contributed by atoms with Crippen LogP contribution in [-0.4, -0.2) is 17.6 Å². The number of aromatic nitrogens is 1. The Morgan fingerprint density at radius 1 is 1.53 bits per heavy atom. The van der Waals surface area contributed by atoms with Gasteiger partial charge < -0.3 is 9.15 Å². The first-order valence-corrected chi connectivity index (χ1v) is 7.57. The van der Waals surface area contributed by atoms with E-state index in [0.717, 1.165) is 8.66 Å². The highest BCUT2D eigenvalue weighted by Crippen LogP contribution is 2.33. The van der Waals surface area contributed by atoms with Crippen LogP contribution in [-0.2, 0) is 4.74 Å². The van der Waals surface area contributed by atoms with E-state index in [1.165, 1.54) is 11.3 Å². The molecule has 0 bridgehead atoms. The standard InChI is InChI=1S/C13H14BrNO3S/c1-4-17-13(16)11-10(7(2)3)15-12(18-11)8-5-6-9(14)19-8/h5-7H,4H2,1-3H3. The molecule has 2 rings (SSSR count). The second-order valence-corrected chi connectivity index (χ2v) is 6.68. The molecule has 0 aliphatic heterocycles. The van der Waals surface area contributed by atoms with Crippen LogP contribution in [0.3, 0.4) is 0 Å². The van der Waals surface area contributed by atoms with Gasteiger partial charge in [-0.2, -0.15) is 0 Å². The van der Waals surface area contributed by atoms with E-state index in [2.05, 4.69) is 20.9 Å². The largest absolute Gasteiger partial charge is 0.460 e. The van der Waals surface area contributed by atoms with Crippen molar-refractivity contribution in [3.63, 3.8) is 0 Å². The minimum absolute atomic E-state index is 0.0975. The summed E-state index contributed by atoms with van der Waals surface area (Å²) in [6, 6.07) is 3.82. The van der Waals surface area contributed by atoms with Crippen LogP contribution in [0.15, 0.2) is 20.3 Å². The maximum atomic E-state index is 11.9. The molecule has 0 aliphatic carbocycles. The number of ether oxygens (including phenoxy) is 1. The summed E-state index contributed by atoms with van der Waals surface area (Å²) in [5.74, 6) is 0.305. The van der Waals surface area contributed by atoms with Gasteiger partial charge in [-0.25, -0.2) is 9.78 Å². The first-order chi connectivity index (χ1) is 9.02. The normalized spacial score (nSPS) is 11.0. The molecule has 2 aromatic heterocycles. The lowest BCUT2D eigenvalue weighted by Crippen LogP contribution is -2.07. The zero-order chi connectivity index (χ0) is 14.0. The minimum atomic E-state index is -0.458. The first kappa shape index (κ1) is 14.3. The zero-order valence-electron chi connectivity index (χ0n) is 10.9. The number of carbonyl (C=O) groups excluding carboxylic acids is 1. The molecule has 6 heteroatoms. The number of nitrogens with zero attached hydrogens (tertiary/aromatic N) is 1. The second-order valence-electron chi connectivity index (χ2n) is 4.21. The van der Waals surface area contributed by atoms with Gasteiger partial charge in [-0.05, 0) is 40.9 Å². The van der Waals surface area contributed by atoms with Gasteiger partial charge in [0.05, 0.1) is 21.0 Å². The molecule has 0 atom stereocenters. The maximum Gasteiger partial charge on any atom is 0.376 e. The molecule has 0 N–H and O–H groups in total. The average Bonchev–Trinajstić information content (AvgIpc) is 2.94. The molecule has 0 aliphatic rings. The lowest BCUT2D eigenvalue weighted by Gasteiger charge is -2.02. The van der Waals surface area contributed by atoms with Crippen molar-refractivity contribution in [2.45, 2.75) is 26.7 Å². The fourth-order valence-electron chi connectivity index (χ4n) is 1.60. The van der Waals surface area contributed by atoms with Gasteiger partial charge in [0, 0.05) is 0 Å². The van der Waals surface area contributed by atoms with Crippen molar-refractivity contribution in [3.8, 4) is 10.8 Å². The molecule has 102 valence electrons. The second kappa shape index (κ2) is 5.88. The summed E-state index contributed by atoms with van der Waals surface area (Å²) >= 11 is 4.90. The van der Waals surface area contributed by atoms with Crippen LogP contribution in [0.5, 0.6) is 0 Å². The molecule has 2 aromatic rings. The van der Waals surface area contributed by atoms with Gasteiger partial charge in [-0.15, -0.1) is 11.3 Å². The number of carbonyl (C=O) groups is 1. The number of thiophene rings is 1. The average molecular weight is 344 g/mol. The lowest BCUT2D eigenvalue weighted by molar-refractivity contribution is 0.0489. The Hall–Kier alpha value is -1.14. The van der Waals surface area contributed by atoms with Crippen LogP contribution >= 0.6 is 27.3 Å². The van der Waals surface area contributed by atoms with E-state index in [0.29, 0.717) is 18.2 Å². The van der Waals surface area contributed by atoms with Crippen LogP contribution < -0.4 is 0 Å². The van der Waals surface area contributed by atoms with Crippen molar-refractivity contribution < 1.29 is 13.9 Å². The smallest absolute Gasteiger partial charge is 0.376 e. The number of esters is 1. The highest BCUT2D eigenvalue weighted by atomic mass is 79.9. The van der Waals surface area contributed by atoms with Gasteiger partial charge in [0.1, 0.15) is 0 Å². The third-order valence-electron chi connectivity index (χ3n) is 2.45. The Morgan fingerprint density at radius 2 is 2.26 bits per heavy atom. The summed E-state index contributed by atoms with van der Waals surface area (Å²) in [6.07, 6.45) is 0. The molecule has 0 saturated carbocycles. The van der Waals surface area contributed by atoms with Crippen LogP contribution in [0.1, 0.15) is 42.9 Å². The molecule has 2 heterocycles. The predicted octanol–water partition coefficient (Wildman–Crippen LogP) is 4.47. The SMILES string of the molecule is CCOC(=O)c1oc(-c2ccc(Br)s2)nc1C(C)C. The minimum Gasteiger partial charge on any atom is -0.460 e. The summed E-state index contributed by atoms with van der Waals surface area (Å²) in [4.78, 5) is 17.2. The summed E-state index contributed by atoms with van der Waals surface area (Å²) in [5.41, 5.74) is 0.637. The van der Waals surface area contributed by atoms with Gasteiger partial charge in [0.15, 0.2) is 0 Å². The van der Waals surface area contributed by atoms with Gasteiger partial charge in [-0.3, -0.25) is 0 Å². The Bertz CT molecular complexity index is 588. The fraction of sp³-hybridized carbons (Fsp3) is 0.385. The van der Waals surface area contributed by atoms with Crippen molar-refractivity contribution in [1.29, 1.82) is 0 Å². The van der Waals surface area contributed by atoms with E-state index >= 15 is 0 Å². The van der Waals surface area contributed by atoms with E-state index in [4.69, 9.17) is 9.15 Å². The molecule has 0 aromatic carbocycles. The van der Waals surface area contributed by atoms with Crippen LogP contribution in [0.25, 0.3) is 10.8 Å². The highest BCUT2D eigenvalue weighted by Gasteiger charge is 2.24. The lowest BCUT2D eigenvalue weighted by atomic mass is 10.1.